The number of anilines is 1. The van der Waals surface area contributed by atoms with E-state index < -0.39 is 15.9 Å². The van der Waals surface area contributed by atoms with Gasteiger partial charge < -0.3 is 5.32 Å². The van der Waals surface area contributed by atoms with E-state index in [0.717, 1.165) is 0 Å². The van der Waals surface area contributed by atoms with Gasteiger partial charge in [-0.05, 0) is 44.2 Å². The van der Waals surface area contributed by atoms with Crippen LogP contribution in [-0.2, 0) is 10.0 Å². The van der Waals surface area contributed by atoms with Gasteiger partial charge in [0.05, 0.1) is 20.6 Å². The van der Waals surface area contributed by atoms with Gasteiger partial charge in [-0.2, -0.15) is 0 Å². The molecule has 0 heterocycles. The Hall–Kier alpha value is -1.60. The van der Waals surface area contributed by atoms with Crippen molar-refractivity contribution >= 4 is 44.8 Å². The molecule has 0 saturated heterocycles. The second kappa shape index (κ2) is 7.53. The first-order valence-corrected chi connectivity index (χ1v) is 9.32. The van der Waals surface area contributed by atoms with Crippen LogP contribution in [0.4, 0.5) is 5.69 Å². The van der Waals surface area contributed by atoms with E-state index in [2.05, 4.69) is 10.0 Å². The molecular formula is C16H16Cl2N2O3S. The van der Waals surface area contributed by atoms with E-state index >= 15 is 0 Å². The smallest absolute Gasteiger partial charge is 0.255 e. The average molecular weight is 387 g/mol. The Kier molecular flexibility index (Phi) is 5.87. The molecule has 1 amide bonds. The number of carbonyl (C=O) groups excluding carboxylic acids is 1. The number of benzene rings is 2. The molecule has 0 atom stereocenters. The van der Waals surface area contributed by atoms with E-state index in [1.54, 1.807) is 32.0 Å². The second-order valence-electron chi connectivity index (χ2n) is 5.36. The predicted molar refractivity (Wildman–Crippen MR) is 96.3 cm³/mol. The number of amides is 1. The molecular weight excluding hydrogens is 371 g/mol. The highest BCUT2D eigenvalue weighted by molar-refractivity contribution is 7.89. The Morgan fingerprint density at radius 1 is 1.08 bits per heavy atom. The number of sulfonamides is 1. The fraction of sp³-hybridized carbons (Fsp3) is 0.188. The summed E-state index contributed by atoms with van der Waals surface area (Å²) < 4.78 is 26.9. The monoisotopic (exact) mass is 386 g/mol. The lowest BCUT2D eigenvalue weighted by Crippen LogP contribution is -2.30. The molecule has 2 aromatic carbocycles. The molecule has 0 bridgehead atoms. The Labute approximate surface area is 151 Å². The highest BCUT2D eigenvalue weighted by Gasteiger charge is 2.18. The van der Waals surface area contributed by atoms with Gasteiger partial charge in [-0.1, -0.05) is 35.3 Å². The van der Waals surface area contributed by atoms with E-state index in [4.69, 9.17) is 23.2 Å². The Bertz CT molecular complexity index is 867. The van der Waals surface area contributed by atoms with Crippen molar-refractivity contribution < 1.29 is 13.2 Å². The average Bonchev–Trinajstić information content (AvgIpc) is 2.51. The Morgan fingerprint density at radius 2 is 1.75 bits per heavy atom. The summed E-state index contributed by atoms with van der Waals surface area (Å²) in [5, 5.41) is 3.15. The van der Waals surface area contributed by atoms with Gasteiger partial charge in [-0.25, -0.2) is 13.1 Å². The molecule has 0 fully saturated rings. The van der Waals surface area contributed by atoms with Crippen molar-refractivity contribution in [2.45, 2.75) is 24.8 Å². The van der Waals surface area contributed by atoms with Crippen LogP contribution < -0.4 is 10.0 Å². The topological polar surface area (TPSA) is 75.3 Å². The minimum absolute atomic E-state index is 0.0149. The standard InChI is InChI=1S/C16H16Cl2N2O3S/c1-10(2)20-24(22,23)12-6-3-5-11(9-12)16(21)19-14-8-4-7-13(17)15(14)18/h3-10,20H,1-2H3,(H,19,21). The van der Waals surface area contributed by atoms with E-state index in [9.17, 15) is 13.2 Å². The molecule has 128 valence electrons. The lowest BCUT2D eigenvalue weighted by atomic mass is 10.2. The van der Waals surface area contributed by atoms with Crippen LogP contribution in [0.1, 0.15) is 24.2 Å². The van der Waals surface area contributed by atoms with Gasteiger partial charge in [0.15, 0.2) is 0 Å². The Balaban J connectivity index is 2.28. The van der Waals surface area contributed by atoms with Gasteiger partial charge in [-0.3, -0.25) is 4.79 Å². The zero-order chi connectivity index (χ0) is 17.9. The fourth-order valence-corrected chi connectivity index (χ4v) is 3.62. The van der Waals surface area contributed by atoms with Gasteiger partial charge in [0.2, 0.25) is 10.0 Å². The third-order valence-electron chi connectivity index (χ3n) is 3.00. The van der Waals surface area contributed by atoms with Crippen LogP contribution in [-0.4, -0.2) is 20.4 Å². The van der Waals surface area contributed by atoms with Gasteiger partial charge in [-0.15, -0.1) is 0 Å². The molecule has 0 saturated carbocycles. The Morgan fingerprint density at radius 3 is 2.42 bits per heavy atom. The van der Waals surface area contributed by atoms with Crippen molar-refractivity contribution in [2.75, 3.05) is 5.32 Å². The SMILES string of the molecule is CC(C)NS(=O)(=O)c1cccc(C(=O)Nc2cccc(Cl)c2Cl)c1. The fourth-order valence-electron chi connectivity index (χ4n) is 1.98. The maximum absolute atomic E-state index is 12.4. The lowest BCUT2D eigenvalue weighted by Gasteiger charge is -2.11. The van der Waals surface area contributed by atoms with Gasteiger partial charge in [0, 0.05) is 11.6 Å². The normalized spacial score (nSPS) is 11.5. The summed E-state index contributed by atoms with van der Waals surface area (Å²) >= 11 is 11.9. The molecule has 2 N–H and O–H groups in total. The molecule has 0 aliphatic carbocycles. The molecule has 2 aromatic rings. The van der Waals surface area contributed by atoms with Crippen LogP contribution in [0.2, 0.25) is 10.0 Å². The highest BCUT2D eigenvalue weighted by Crippen LogP contribution is 2.29. The quantitative estimate of drug-likeness (QED) is 0.816. The summed E-state index contributed by atoms with van der Waals surface area (Å²) in [4.78, 5) is 12.4. The minimum Gasteiger partial charge on any atom is -0.321 e. The zero-order valence-electron chi connectivity index (χ0n) is 13.0. The van der Waals surface area contributed by atoms with Crippen LogP contribution in [0, 0.1) is 0 Å². The van der Waals surface area contributed by atoms with Crippen LogP contribution in [0.15, 0.2) is 47.4 Å². The number of hydrogen-bond donors (Lipinski definition) is 2. The van der Waals surface area contributed by atoms with E-state index in [1.807, 2.05) is 0 Å². The predicted octanol–water partition coefficient (Wildman–Crippen LogP) is 3.93. The molecule has 0 aliphatic rings. The van der Waals surface area contributed by atoms with E-state index in [0.29, 0.717) is 10.7 Å². The molecule has 2 rings (SSSR count). The summed E-state index contributed by atoms with van der Waals surface area (Å²) in [6, 6.07) is 10.4. The van der Waals surface area contributed by atoms with Gasteiger partial charge in [0.25, 0.3) is 5.91 Å². The molecule has 8 heteroatoms. The summed E-state index contributed by atoms with van der Waals surface area (Å²) in [7, 11) is -3.68. The molecule has 0 unspecified atom stereocenters. The van der Waals surface area contributed by atoms with Crippen molar-refractivity contribution in [1.29, 1.82) is 0 Å². The maximum atomic E-state index is 12.4. The molecule has 0 aromatic heterocycles. The van der Waals surface area contributed by atoms with E-state index in [1.165, 1.54) is 24.3 Å². The maximum Gasteiger partial charge on any atom is 0.255 e. The number of rotatable bonds is 5. The lowest BCUT2D eigenvalue weighted by molar-refractivity contribution is 0.102. The van der Waals surface area contributed by atoms with Gasteiger partial charge >= 0.3 is 0 Å². The summed E-state index contributed by atoms with van der Waals surface area (Å²) in [6.07, 6.45) is 0. The summed E-state index contributed by atoms with van der Waals surface area (Å²) in [6.45, 7) is 3.44. The van der Waals surface area contributed by atoms with Crippen molar-refractivity contribution in [3.05, 3.63) is 58.1 Å². The molecule has 0 radical (unpaired) electrons. The van der Waals surface area contributed by atoms with E-state index in [-0.39, 0.29) is 21.5 Å². The number of nitrogens with one attached hydrogen (secondary N) is 2. The highest BCUT2D eigenvalue weighted by atomic mass is 35.5. The van der Waals surface area contributed by atoms with Crippen molar-refractivity contribution in [2.24, 2.45) is 0 Å². The first kappa shape index (κ1) is 18.7. The summed E-state index contributed by atoms with van der Waals surface area (Å²) in [5.41, 5.74) is 0.542. The first-order chi connectivity index (χ1) is 11.2. The third kappa shape index (κ3) is 4.48. The number of hydrogen-bond acceptors (Lipinski definition) is 3. The third-order valence-corrected chi connectivity index (χ3v) is 5.47. The molecule has 0 aliphatic heterocycles. The molecule has 5 nitrogen and oxygen atoms in total. The van der Waals surface area contributed by atoms with Crippen LogP contribution in [0.5, 0.6) is 0 Å². The molecule has 24 heavy (non-hydrogen) atoms. The summed E-state index contributed by atoms with van der Waals surface area (Å²) in [5.74, 6) is -0.485. The van der Waals surface area contributed by atoms with Crippen molar-refractivity contribution in [3.63, 3.8) is 0 Å². The minimum atomic E-state index is -3.68. The van der Waals surface area contributed by atoms with Crippen LogP contribution in [0.25, 0.3) is 0 Å². The molecule has 0 spiro atoms. The largest absolute Gasteiger partial charge is 0.321 e. The van der Waals surface area contributed by atoms with Crippen LogP contribution >= 0.6 is 23.2 Å². The van der Waals surface area contributed by atoms with Crippen molar-refractivity contribution in [1.82, 2.24) is 4.72 Å². The number of carbonyl (C=O) groups is 1. The second-order valence-corrected chi connectivity index (χ2v) is 7.86. The van der Waals surface area contributed by atoms with Crippen LogP contribution in [0.3, 0.4) is 0 Å². The van der Waals surface area contributed by atoms with Gasteiger partial charge in [0.1, 0.15) is 0 Å². The van der Waals surface area contributed by atoms with Crippen molar-refractivity contribution in [3.8, 4) is 0 Å². The number of halogens is 2. The first-order valence-electron chi connectivity index (χ1n) is 7.08. The zero-order valence-corrected chi connectivity index (χ0v) is 15.3.